The lowest BCUT2D eigenvalue weighted by atomic mass is 9.59. The molecular weight excluding hydrogens is 362 g/mol. The minimum atomic E-state index is -1.09. The van der Waals surface area contributed by atoms with Crippen LogP contribution in [0.1, 0.15) is 54.4 Å². The summed E-state index contributed by atoms with van der Waals surface area (Å²) in [5, 5.41) is 12.7. The van der Waals surface area contributed by atoms with Crippen molar-refractivity contribution in [3.05, 3.63) is 0 Å². The van der Waals surface area contributed by atoms with E-state index in [1.54, 1.807) is 20.9 Å². The highest BCUT2D eigenvalue weighted by Gasteiger charge is 2.57. The summed E-state index contributed by atoms with van der Waals surface area (Å²) in [6, 6.07) is 0. The van der Waals surface area contributed by atoms with Crippen molar-refractivity contribution in [1.82, 2.24) is 5.32 Å². The van der Waals surface area contributed by atoms with Crippen molar-refractivity contribution in [3.63, 3.8) is 0 Å². The SMILES string of the molecule is CNCC(O)COC(=O)C(C)(CC(C)C)C(C)(CC(C)C)C(=O)OCCOC. The van der Waals surface area contributed by atoms with Crippen LogP contribution in [0, 0.1) is 22.7 Å². The summed E-state index contributed by atoms with van der Waals surface area (Å²) in [6.07, 6.45) is 0.148. The van der Waals surface area contributed by atoms with Crippen LogP contribution in [0.25, 0.3) is 0 Å². The van der Waals surface area contributed by atoms with Gasteiger partial charge in [0.1, 0.15) is 19.3 Å². The molecule has 0 aromatic heterocycles. The quantitative estimate of drug-likeness (QED) is 0.340. The molecule has 0 aromatic carbocycles. The van der Waals surface area contributed by atoms with E-state index in [1.807, 2.05) is 27.7 Å². The number of rotatable bonds is 14. The third-order valence-corrected chi connectivity index (χ3v) is 5.12. The molecule has 0 fully saturated rings. The molecule has 3 unspecified atom stereocenters. The lowest BCUT2D eigenvalue weighted by Crippen LogP contribution is -2.52. The Labute approximate surface area is 170 Å². The van der Waals surface area contributed by atoms with Crippen LogP contribution in [-0.4, -0.2) is 63.7 Å². The second-order valence-corrected chi connectivity index (χ2v) is 8.80. The molecule has 7 heteroatoms. The predicted octanol–water partition coefficient (Wildman–Crippen LogP) is 2.40. The van der Waals surface area contributed by atoms with Crippen LogP contribution in [0.2, 0.25) is 0 Å². The first kappa shape index (κ1) is 26.8. The highest BCUT2D eigenvalue weighted by Crippen LogP contribution is 2.49. The molecule has 2 N–H and O–H groups in total. The van der Waals surface area contributed by atoms with Crippen LogP contribution in [0.4, 0.5) is 0 Å². The number of carbonyl (C=O) groups is 2. The number of likely N-dealkylation sites (N-methyl/N-ethyl adjacent to an activating group) is 1. The van der Waals surface area contributed by atoms with E-state index in [-0.39, 0.29) is 25.0 Å². The van der Waals surface area contributed by atoms with Crippen LogP contribution in [-0.2, 0) is 23.8 Å². The van der Waals surface area contributed by atoms with Crippen molar-refractivity contribution < 1.29 is 28.9 Å². The zero-order chi connectivity index (χ0) is 22.0. The third kappa shape index (κ3) is 7.68. The minimum absolute atomic E-state index is 0.121. The van der Waals surface area contributed by atoms with E-state index in [2.05, 4.69) is 5.32 Å². The molecule has 0 saturated heterocycles. The van der Waals surface area contributed by atoms with Crippen molar-refractivity contribution in [3.8, 4) is 0 Å². The summed E-state index contributed by atoms with van der Waals surface area (Å²) in [4.78, 5) is 26.3. The van der Waals surface area contributed by atoms with E-state index in [1.165, 1.54) is 7.11 Å². The van der Waals surface area contributed by atoms with Gasteiger partial charge in [-0.1, -0.05) is 27.7 Å². The molecule has 0 saturated carbocycles. The normalized spacial score (nSPS) is 17.1. The molecule has 0 radical (unpaired) electrons. The van der Waals surface area contributed by atoms with E-state index in [4.69, 9.17) is 14.2 Å². The number of nitrogens with one attached hydrogen (secondary N) is 1. The molecule has 0 bridgehead atoms. The highest BCUT2D eigenvalue weighted by molar-refractivity contribution is 5.88. The summed E-state index contributed by atoms with van der Waals surface area (Å²) in [6.45, 7) is 12.2. The molecular formula is C21H41NO6. The number of methoxy groups -OCH3 is 1. The lowest BCUT2D eigenvalue weighted by molar-refractivity contribution is -0.184. The zero-order valence-corrected chi connectivity index (χ0v) is 19.0. The van der Waals surface area contributed by atoms with Gasteiger partial charge in [-0.05, 0) is 45.6 Å². The summed E-state index contributed by atoms with van der Waals surface area (Å²) in [5.74, 6) is -0.565. The van der Waals surface area contributed by atoms with Gasteiger partial charge in [0.05, 0.1) is 17.4 Å². The average molecular weight is 404 g/mol. The van der Waals surface area contributed by atoms with Gasteiger partial charge in [0.25, 0.3) is 0 Å². The second-order valence-electron chi connectivity index (χ2n) is 8.80. The molecule has 0 aliphatic heterocycles. The maximum Gasteiger partial charge on any atom is 0.313 e. The number of carbonyl (C=O) groups excluding carboxylic acids is 2. The number of hydrogen-bond acceptors (Lipinski definition) is 7. The Balaban J connectivity index is 5.78. The van der Waals surface area contributed by atoms with Gasteiger partial charge in [0, 0.05) is 13.7 Å². The van der Waals surface area contributed by atoms with Gasteiger partial charge >= 0.3 is 11.9 Å². The lowest BCUT2D eigenvalue weighted by Gasteiger charge is -2.44. The smallest absolute Gasteiger partial charge is 0.313 e. The first-order valence-corrected chi connectivity index (χ1v) is 10.1. The van der Waals surface area contributed by atoms with Crippen molar-refractivity contribution >= 4 is 11.9 Å². The molecule has 7 nitrogen and oxygen atoms in total. The Morgan fingerprint density at radius 3 is 1.79 bits per heavy atom. The van der Waals surface area contributed by atoms with Gasteiger partial charge in [0.2, 0.25) is 0 Å². The summed E-state index contributed by atoms with van der Waals surface area (Å²) in [7, 11) is 3.25. The van der Waals surface area contributed by atoms with Gasteiger partial charge in [-0.3, -0.25) is 9.59 Å². The van der Waals surface area contributed by atoms with E-state index in [0.29, 0.717) is 26.0 Å². The summed E-state index contributed by atoms with van der Waals surface area (Å²) in [5.41, 5.74) is -2.15. The fourth-order valence-electron chi connectivity index (χ4n) is 3.70. The van der Waals surface area contributed by atoms with E-state index in [0.717, 1.165) is 0 Å². The maximum absolute atomic E-state index is 13.2. The van der Waals surface area contributed by atoms with Crippen molar-refractivity contribution in [2.75, 3.05) is 40.5 Å². The second kappa shape index (κ2) is 12.4. The molecule has 0 aliphatic carbocycles. The molecule has 3 atom stereocenters. The molecule has 166 valence electrons. The van der Waals surface area contributed by atoms with Crippen LogP contribution in [0.15, 0.2) is 0 Å². The topological polar surface area (TPSA) is 94.1 Å². The van der Waals surface area contributed by atoms with Gasteiger partial charge in [-0.25, -0.2) is 0 Å². The number of aliphatic hydroxyl groups is 1. The number of ether oxygens (including phenoxy) is 3. The highest BCUT2D eigenvalue weighted by atomic mass is 16.6. The first-order valence-electron chi connectivity index (χ1n) is 10.1. The van der Waals surface area contributed by atoms with Crippen LogP contribution in [0.5, 0.6) is 0 Å². The van der Waals surface area contributed by atoms with Crippen LogP contribution >= 0.6 is 0 Å². The Bertz CT molecular complexity index is 482. The van der Waals surface area contributed by atoms with E-state index in [9.17, 15) is 14.7 Å². The zero-order valence-electron chi connectivity index (χ0n) is 19.0. The Morgan fingerprint density at radius 2 is 1.39 bits per heavy atom. The summed E-state index contributed by atoms with van der Waals surface area (Å²) >= 11 is 0. The predicted molar refractivity (Wildman–Crippen MR) is 109 cm³/mol. The Hall–Kier alpha value is -1.18. The maximum atomic E-state index is 13.2. The largest absolute Gasteiger partial charge is 0.463 e. The molecule has 0 aliphatic rings. The van der Waals surface area contributed by atoms with Gasteiger partial charge in [-0.2, -0.15) is 0 Å². The number of aliphatic hydroxyl groups excluding tert-OH is 1. The molecule has 0 rings (SSSR count). The van der Waals surface area contributed by atoms with Gasteiger partial charge in [0.15, 0.2) is 0 Å². The van der Waals surface area contributed by atoms with Gasteiger partial charge in [-0.15, -0.1) is 0 Å². The molecule has 0 amide bonds. The Kier molecular flexibility index (Phi) is 11.9. The summed E-state index contributed by atoms with van der Waals surface area (Å²) < 4.78 is 15.9. The van der Waals surface area contributed by atoms with Crippen molar-refractivity contribution in [1.29, 1.82) is 0 Å². The first-order chi connectivity index (χ1) is 12.9. The fourth-order valence-corrected chi connectivity index (χ4v) is 3.70. The molecule has 0 spiro atoms. The van der Waals surface area contributed by atoms with E-state index >= 15 is 0 Å². The van der Waals surface area contributed by atoms with Crippen LogP contribution < -0.4 is 5.32 Å². The fraction of sp³-hybridized carbons (Fsp3) is 0.905. The minimum Gasteiger partial charge on any atom is -0.463 e. The van der Waals surface area contributed by atoms with Crippen molar-refractivity contribution in [2.24, 2.45) is 22.7 Å². The molecule has 0 aromatic rings. The standard InChI is InChI=1S/C21H41NO6/c1-15(2)11-20(5,18(24)27-10-9-26-8)21(6,12-16(3)4)19(25)28-14-17(23)13-22-7/h15-17,22-23H,9-14H2,1-8H3. The van der Waals surface area contributed by atoms with Gasteiger partial charge < -0.3 is 24.6 Å². The van der Waals surface area contributed by atoms with Crippen LogP contribution in [0.3, 0.4) is 0 Å². The average Bonchev–Trinajstić information content (AvgIpc) is 2.58. The number of hydrogen-bond donors (Lipinski definition) is 2. The molecule has 0 heterocycles. The third-order valence-electron chi connectivity index (χ3n) is 5.12. The Morgan fingerprint density at radius 1 is 0.929 bits per heavy atom. The molecule has 28 heavy (non-hydrogen) atoms. The van der Waals surface area contributed by atoms with E-state index < -0.39 is 28.9 Å². The number of esters is 2. The monoisotopic (exact) mass is 403 g/mol. The van der Waals surface area contributed by atoms with Crippen molar-refractivity contribution in [2.45, 2.75) is 60.5 Å².